The molecule has 0 aromatic rings. The molecule has 31 heavy (non-hydrogen) atoms. The molecule has 0 fully saturated rings. The van der Waals surface area contributed by atoms with E-state index in [4.69, 9.17) is 21.1 Å². The van der Waals surface area contributed by atoms with Gasteiger partial charge >= 0.3 is 17.9 Å². The zero-order valence-electron chi connectivity index (χ0n) is 17.0. The van der Waals surface area contributed by atoms with Crippen molar-refractivity contribution in [2.75, 3.05) is 5.75 Å². The molecule has 0 aromatic heterocycles. The zero-order chi connectivity index (χ0) is 24.3. The van der Waals surface area contributed by atoms with Crippen molar-refractivity contribution >= 4 is 48.3 Å². The molecule has 13 nitrogen and oxygen atoms in total. The van der Waals surface area contributed by atoms with Gasteiger partial charge in [0.15, 0.2) is 0 Å². The van der Waals surface area contributed by atoms with E-state index in [1.165, 1.54) is 0 Å². The maximum Gasteiger partial charge on any atom is 0.327 e. The fourth-order valence-electron chi connectivity index (χ4n) is 2.35. The molecule has 0 heterocycles. The lowest BCUT2D eigenvalue weighted by atomic mass is 9.97. The maximum absolute atomic E-state index is 12.6. The molecule has 0 aliphatic heterocycles. The molecule has 0 saturated carbocycles. The number of carbonyl (C=O) groups is 6. The number of rotatable bonds is 14. The van der Waals surface area contributed by atoms with Crippen LogP contribution in [-0.2, 0) is 28.8 Å². The van der Waals surface area contributed by atoms with Crippen molar-refractivity contribution in [1.29, 1.82) is 0 Å². The van der Waals surface area contributed by atoms with Crippen LogP contribution in [0.3, 0.4) is 0 Å². The summed E-state index contributed by atoms with van der Waals surface area (Å²) < 4.78 is 0. The monoisotopic (exact) mass is 464 g/mol. The Hall–Kier alpha value is -2.87. The molecule has 176 valence electrons. The van der Waals surface area contributed by atoms with Crippen LogP contribution in [0.5, 0.6) is 0 Å². The fraction of sp³-hybridized carbons (Fsp3) is 0.647. The first-order valence-corrected chi connectivity index (χ1v) is 9.91. The standard InChI is InChI=1S/C17H28N4O9S/c1-3-7(2)13(16(28)20-10(6-31)17(29)30)21-15(27)9(5-12(24)25)19-14(26)8(18)4-11(22)23/h7-10,13,31H,3-6,18H2,1-2H3,(H,19,26)(H,20,28)(H,21,27)(H,22,23)(H,24,25)(H,29,30). The molecule has 0 saturated heterocycles. The van der Waals surface area contributed by atoms with Crippen molar-refractivity contribution in [3.63, 3.8) is 0 Å². The summed E-state index contributed by atoms with van der Waals surface area (Å²) in [6, 6.07) is -5.73. The molecule has 14 heteroatoms. The maximum atomic E-state index is 12.6. The molecule has 0 spiro atoms. The Labute approximate surface area is 183 Å². The summed E-state index contributed by atoms with van der Waals surface area (Å²) in [5.74, 6) is -7.75. The molecule has 0 aliphatic rings. The highest BCUT2D eigenvalue weighted by Gasteiger charge is 2.33. The quantitative estimate of drug-likeness (QED) is 0.129. The normalized spacial score (nSPS) is 15.5. The molecule has 8 N–H and O–H groups in total. The van der Waals surface area contributed by atoms with Crippen LogP contribution in [0.25, 0.3) is 0 Å². The lowest BCUT2D eigenvalue weighted by molar-refractivity contribution is -0.143. The van der Waals surface area contributed by atoms with Crippen LogP contribution in [0.15, 0.2) is 0 Å². The second kappa shape index (κ2) is 13.4. The predicted molar refractivity (Wildman–Crippen MR) is 109 cm³/mol. The first kappa shape index (κ1) is 28.1. The summed E-state index contributed by atoms with van der Waals surface area (Å²) in [4.78, 5) is 70.1. The summed E-state index contributed by atoms with van der Waals surface area (Å²) in [5, 5.41) is 33.4. The van der Waals surface area contributed by atoms with Gasteiger partial charge in [-0.3, -0.25) is 24.0 Å². The molecule has 0 rings (SSSR count). The highest BCUT2D eigenvalue weighted by atomic mass is 32.1. The third-order valence-corrected chi connectivity index (χ3v) is 4.70. The van der Waals surface area contributed by atoms with E-state index < -0.39 is 78.6 Å². The van der Waals surface area contributed by atoms with Crippen molar-refractivity contribution in [3.05, 3.63) is 0 Å². The number of hydrogen-bond donors (Lipinski definition) is 8. The molecule has 0 bridgehead atoms. The molecular formula is C17H28N4O9S. The van der Waals surface area contributed by atoms with Gasteiger partial charge < -0.3 is 37.0 Å². The Morgan fingerprint density at radius 2 is 1.35 bits per heavy atom. The van der Waals surface area contributed by atoms with E-state index in [0.29, 0.717) is 6.42 Å². The molecular weight excluding hydrogens is 436 g/mol. The molecule has 3 amide bonds. The second-order valence-electron chi connectivity index (χ2n) is 6.82. The van der Waals surface area contributed by atoms with Gasteiger partial charge in [0.2, 0.25) is 17.7 Å². The number of carboxylic acids is 3. The molecule has 5 atom stereocenters. The Balaban J connectivity index is 5.51. The number of nitrogens with one attached hydrogen (secondary N) is 3. The number of carboxylic acid groups (broad SMARTS) is 3. The minimum absolute atomic E-state index is 0.207. The van der Waals surface area contributed by atoms with Gasteiger partial charge in [-0.1, -0.05) is 20.3 Å². The first-order valence-electron chi connectivity index (χ1n) is 9.27. The van der Waals surface area contributed by atoms with Crippen molar-refractivity contribution in [1.82, 2.24) is 16.0 Å². The van der Waals surface area contributed by atoms with Crippen molar-refractivity contribution < 1.29 is 44.1 Å². The topological polar surface area (TPSA) is 225 Å². The highest BCUT2D eigenvalue weighted by Crippen LogP contribution is 2.10. The van der Waals surface area contributed by atoms with Crippen molar-refractivity contribution in [2.45, 2.75) is 57.3 Å². The van der Waals surface area contributed by atoms with Gasteiger partial charge in [0.05, 0.1) is 18.9 Å². The number of carbonyl (C=O) groups excluding carboxylic acids is 3. The van der Waals surface area contributed by atoms with E-state index in [9.17, 15) is 28.8 Å². The summed E-state index contributed by atoms with van der Waals surface area (Å²) in [5.41, 5.74) is 5.42. The van der Waals surface area contributed by atoms with Crippen LogP contribution < -0.4 is 21.7 Å². The van der Waals surface area contributed by atoms with Crippen molar-refractivity contribution in [3.8, 4) is 0 Å². The highest BCUT2D eigenvalue weighted by molar-refractivity contribution is 7.80. The summed E-state index contributed by atoms with van der Waals surface area (Å²) >= 11 is 3.84. The van der Waals surface area contributed by atoms with Gasteiger partial charge in [0, 0.05) is 5.75 Å². The Bertz CT molecular complexity index is 703. The van der Waals surface area contributed by atoms with E-state index in [1.54, 1.807) is 13.8 Å². The molecule has 0 aliphatic carbocycles. The summed E-state index contributed by atoms with van der Waals surface area (Å²) in [6.07, 6.45) is -1.21. The number of amides is 3. The van der Waals surface area contributed by atoms with Gasteiger partial charge in [0.25, 0.3) is 0 Å². The van der Waals surface area contributed by atoms with Gasteiger partial charge in [-0.2, -0.15) is 12.6 Å². The summed E-state index contributed by atoms with van der Waals surface area (Å²) in [6.45, 7) is 3.32. The third-order valence-electron chi connectivity index (χ3n) is 4.33. The van der Waals surface area contributed by atoms with Gasteiger partial charge in [-0.25, -0.2) is 4.79 Å². The van der Waals surface area contributed by atoms with E-state index in [-0.39, 0.29) is 5.75 Å². The van der Waals surface area contributed by atoms with Crippen LogP contribution in [0.4, 0.5) is 0 Å². The van der Waals surface area contributed by atoms with Crippen LogP contribution in [0.1, 0.15) is 33.1 Å². The van der Waals surface area contributed by atoms with Crippen LogP contribution in [-0.4, -0.2) is 80.9 Å². The number of hydrogen-bond acceptors (Lipinski definition) is 8. The van der Waals surface area contributed by atoms with Gasteiger partial charge in [0.1, 0.15) is 18.1 Å². The first-order chi connectivity index (χ1) is 14.3. The van der Waals surface area contributed by atoms with Crippen LogP contribution in [0, 0.1) is 5.92 Å². The third kappa shape index (κ3) is 10.1. The number of thiol groups is 1. The van der Waals surface area contributed by atoms with Crippen molar-refractivity contribution in [2.24, 2.45) is 11.7 Å². The lowest BCUT2D eigenvalue weighted by Gasteiger charge is -2.27. The van der Waals surface area contributed by atoms with Crippen LogP contribution in [0.2, 0.25) is 0 Å². The second-order valence-corrected chi connectivity index (χ2v) is 7.18. The van der Waals surface area contributed by atoms with Gasteiger partial charge in [-0.15, -0.1) is 0 Å². The van der Waals surface area contributed by atoms with Crippen LogP contribution >= 0.6 is 12.6 Å². The number of aliphatic carboxylic acids is 3. The van der Waals surface area contributed by atoms with E-state index >= 15 is 0 Å². The molecule has 5 unspecified atom stereocenters. The summed E-state index contributed by atoms with van der Waals surface area (Å²) in [7, 11) is 0. The smallest absolute Gasteiger partial charge is 0.327 e. The van der Waals surface area contributed by atoms with E-state index in [2.05, 4.69) is 28.6 Å². The largest absolute Gasteiger partial charge is 0.481 e. The average molecular weight is 464 g/mol. The number of nitrogens with two attached hydrogens (primary N) is 1. The fourth-order valence-corrected chi connectivity index (χ4v) is 2.59. The zero-order valence-corrected chi connectivity index (χ0v) is 17.9. The minimum atomic E-state index is -1.65. The van der Waals surface area contributed by atoms with E-state index in [0.717, 1.165) is 0 Å². The van der Waals surface area contributed by atoms with E-state index in [1.807, 2.05) is 0 Å². The lowest BCUT2D eigenvalue weighted by Crippen LogP contribution is -2.59. The molecule has 0 radical (unpaired) electrons. The average Bonchev–Trinajstić information content (AvgIpc) is 2.67. The Morgan fingerprint density at radius 1 is 0.839 bits per heavy atom. The Morgan fingerprint density at radius 3 is 1.77 bits per heavy atom. The Kier molecular flexibility index (Phi) is 12.2. The predicted octanol–water partition coefficient (Wildman–Crippen LogP) is -2.22. The van der Waals surface area contributed by atoms with Gasteiger partial charge in [-0.05, 0) is 5.92 Å². The minimum Gasteiger partial charge on any atom is -0.481 e. The molecule has 0 aromatic carbocycles. The SMILES string of the molecule is CCC(C)C(NC(=O)C(CC(=O)O)NC(=O)C(N)CC(=O)O)C(=O)NC(CS)C(=O)O.